The summed E-state index contributed by atoms with van der Waals surface area (Å²) >= 11 is 0. The molecule has 1 atom stereocenters. The summed E-state index contributed by atoms with van der Waals surface area (Å²) in [7, 11) is 0. The summed E-state index contributed by atoms with van der Waals surface area (Å²) in [6.45, 7) is 0.706. The van der Waals surface area contributed by atoms with E-state index < -0.39 is 17.9 Å². The molecule has 200 valence electrons. The van der Waals surface area contributed by atoms with Crippen LogP contribution in [-0.4, -0.2) is 29.6 Å². The molecule has 7 heteroatoms. The Labute approximate surface area is 228 Å². The molecule has 4 rings (SSSR count). The maximum atomic E-state index is 12.4. The van der Waals surface area contributed by atoms with E-state index in [0.717, 1.165) is 16.7 Å². The summed E-state index contributed by atoms with van der Waals surface area (Å²) in [6.07, 6.45) is 0.0699. The molecule has 7 nitrogen and oxygen atoms in total. The Kier molecular flexibility index (Phi) is 10.1. The largest absolute Gasteiger partial charge is 0.485 e. The van der Waals surface area contributed by atoms with Crippen molar-refractivity contribution < 1.29 is 28.9 Å². The molecule has 1 amide bonds. The maximum absolute atomic E-state index is 12.4. The third kappa shape index (κ3) is 9.02. The number of aliphatic carboxylic acids is 1. The van der Waals surface area contributed by atoms with Crippen molar-refractivity contribution in [3.63, 3.8) is 0 Å². The molecule has 0 spiro atoms. The van der Waals surface area contributed by atoms with Gasteiger partial charge in [-0.05, 0) is 34.4 Å². The number of amides is 1. The van der Waals surface area contributed by atoms with E-state index in [1.165, 1.54) is 0 Å². The predicted molar refractivity (Wildman–Crippen MR) is 147 cm³/mol. The first-order valence-corrected chi connectivity index (χ1v) is 12.7. The number of rotatable bonds is 14. The van der Waals surface area contributed by atoms with Gasteiger partial charge in [-0.3, -0.25) is 4.79 Å². The Hall–Kier alpha value is -4.62. The van der Waals surface area contributed by atoms with E-state index in [9.17, 15) is 14.7 Å². The fourth-order valence-corrected chi connectivity index (χ4v) is 3.89. The number of hydrogen-bond donors (Lipinski definition) is 2. The quantitative estimate of drug-likeness (QED) is 0.236. The summed E-state index contributed by atoms with van der Waals surface area (Å²) in [4.78, 5) is 24.3. The molecule has 0 aromatic heterocycles. The van der Waals surface area contributed by atoms with Crippen LogP contribution < -0.4 is 14.8 Å². The minimum absolute atomic E-state index is 0.0699. The first-order chi connectivity index (χ1) is 19.1. The molecule has 0 aliphatic rings. The van der Waals surface area contributed by atoms with Gasteiger partial charge in [0.2, 0.25) is 5.91 Å². The van der Waals surface area contributed by atoms with E-state index in [4.69, 9.17) is 14.2 Å². The number of carbonyl (C=O) groups is 2. The van der Waals surface area contributed by atoms with Crippen LogP contribution >= 0.6 is 0 Å². The monoisotopic (exact) mass is 525 g/mol. The van der Waals surface area contributed by atoms with Crippen LogP contribution in [0.4, 0.5) is 0 Å². The summed E-state index contributed by atoms with van der Waals surface area (Å²) in [5.74, 6) is -0.595. The molecule has 0 unspecified atom stereocenters. The van der Waals surface area contributed by atoms with Crippen LogP contribution in [-0.2, 0) is 40.6 Å². The van der Waals surface area contributed by atoms with Crippen molar-refractivity contribution in [1.29, 1.82) is 0 Å². The van der Waals surface area contributed by atoms with Crippen LogP contribution in [0.25, 0.3) is 0 Å². The Morgan fingerprint density at radius 3 is 1.69 bits per heavy atom. The normalized spacial score (nSPS) is 11.4. The average molecular weight is 526 g/mol. The number of carboxylic acid groups (broad SMARTS) is 1. The molecule has 0 bridgehead atoms. The van der Waals surface area contributed by atoms with Gasteiger partial charge in [0, 0.05) is 6.42 Å². The zero-order valence-corrected chi connectivity index (χ0v) is 21.5. The average Bonchev–Trinajstić information content (AvgIpc) is 2.97. The van der Waals surface area contributed by atoms with E-state index in [-0.39, 0.29) is 19.6 Å². The lowest BCUT2D eigenvalue weighted by Crippen LogP contribution is -2.43. The van der Waals surface area contributed by atoms with Crippen LogP contribution in [0.2, 0.25) is 0 Å². The molecule has 39 heavy (non-hydrogen) atoms. The lowest BCUT2D eigenvalue weighted by Gasteiger charge is -2.17. The predicted octanol–water partition coefficient (Wildman–Crippen LogP) is 5.17. The fourth-order valence-electron chi connectivity index (χ4n) is 3.89. The number of benzene rings is 4. The molecule has 0 heterocycles. The van der Waals surface area contributed by atoms with Crippen molar-refractivity contribution in [2.45, 2.75) is 32.3 Å². The minimum atomic E-state index is -1.14. The number of hydrogen-bond acceptors (Lipinski definition) is 5. The molecule has 0 fully saturated rings. The highest BCUT2D eigenvalue weighted by atomic mass is 16.5. The second-order valence-corrected chi connectivity index (χ2v) is 8.97. The first kappa shape index (κ1) is 27.4. The van der Waals surface area contributed by atoms with Gasteiger partial charge < -0.3 is 24.6 Å². The van der Waals surface area contributed by atoms with E-state index >= 15 is 0 Å². The van der Waals surface area contributed by atoms with E-state index in [2.05, 4.69) is 5.32 Å². The Bertz CT molecular complexity index is 1330. The second-order valence-electron chi connectivity index (χ2n) is 8.97. The third-order valence-corrected chi connectivity index (χ3v) is 5.90. The van der Waals surface area contributed by atoms with Gasteiger partial charge in [0.05, 0.1) is 6.61 Å². The van der Waals surface area contributed by atoms with Crippen molar-refractivity contribution >= 4 is 11.9 Å². The molecule has 0 aliphatic heterocycles. The minimum Gasteiger partial charge on any atom is -0.485 e. The Morgan fingerprint density at radius 1 is 0.641 bits per heavy atom. The molecular formula is C32H31NO6. The van der Waals surface area contributed by atoms with E-state index in [0.29, 0.717) is 30.3 Å². The summed E-state index contributed by atoms with van der Waals surface area (Å²) < 4.78 is 17.6. The topological polar surface area (TPSA) is 94.1 Å². The van der Waals surface area contributed by atoms with Crippen LogP contribution in [0, 0.1) is 0 Å². The molecule has 4 aromatic rings. The maximum Gasteiger partial charge on any atom is 0.326 e. The van der Waals surface area contributed by atoms with Crippen molar-refractivity contribution in [1.82, 2.24) is 5.32 Å². The van der Waals surface area contributed by atoms with Gasteiger partial charge in [-0.15, -0.1) is 0 Å². The molecule has 0 radical (unpaired) electrons. The Balaban J connectivity index is 1.41. The summed E-state index contributed by atoms with van der Waals surface area (Å²) in [5.41, 5.74) is 3.61. The van der Waals surface area contributed by atoms with Gasteiger partial charge in [-0.1, -0.05) is 97.1 Å². The molecule has 0 aliphatic carbocycles. The van der Waals surface area contributed by atoms with Crippen molar-refractivity contribution in [2.24, 2.45) is 0 Å². The lowest BCUT2D eigenvalue weighted by atomic mass is 10.1. The van der Waals surface area contributed by atoms with E-state index in [1.807, 2.05) is 91.0 Å². The van der Waals surface area contributed by atoms with Crippen LogP contribution in [0.1, 0.15) is 22.3 Å². The van der Waals surface area contributed by atoms with Crippen molar-refractivity contribution in [3.8, 4) is 11.5 Å². The van der Waals surface area contributed by atoms with Gasteiger partial charge in [0.1, 0.15) is 25.9 Å². The van der Waals surface area contributed by atoms with E-state index in [1.54, 1.807) is 18.2 Å². The summed E-state index contributed by atoms with van der Waals surface area (Å²) in [5, 5.41) is 12.3. The van der Waals surface area contributed by atoms with Crippen molar-refractivity contribution in [2.75, 3.05) is 6.61 Å². The van der Waals surface area contributed by atoms with Gasteiger partial charge in [-0.25, -0.2) is 4.79 Å². The van der Waals surface area contributed by atoms with Gasteiger partial charge in [0.25, 0.3) is 0 Å². The second kappa shape index (κ2) is 14.4. The molecule has 0 saturated heterocycles. The van der Waals surface area contributed by atoms with Crippen LogP contribution in [0.5, 0.6) is 11.5 Å². The SMILES string of the molecule is O=C(COCc1ccccc1)N[C@H](Cc1ccc(OCc2ccccc2)c(OCc2ccccc2)c1)C(=O)O. The molecule has 2 N–H and O–H groups in total. The smallest absolute Gasteiger partial charge is 0.326 e. The van der Waals surface area contributed by atoms with Gasteiger partial charge in [0.15, 0.2) is 11.5 Å². The van der Waals surface area contributed by atoms with Crippen LogP contribution in [0.3, 0.4) is 0 Å². The number of carbonyl (C=O) groups excluding carboxylic acids is 1. The molecule has 0 saturated carbocycles. The Morgan fingerprint density at radius 2 is 1.15 bits per heavy atom. The lowest BCUT2D eigenvalue weighted by molar-refractivity contribution is -0.142. The third-order valence-electron chi connectivity index (χ3n) is 5.90. The first-order valence-electron chi connectivity index (χ1n) is 12.7. The highest BCUT2D eigenvalue weighted by molar-refractivity contribution is 5.84. The van der Waals surface area contributed by atoms with Crippen LogP contribution in [0.15, 0.2) is 109 Å². The molecule has 4 aromatic carbocycles. The number of nitrogens with one attached hydrogen (secondary N) is 1. The van der Waals surface area contributed by atoms with Gasteiger partial charge >= 0.3 is 5.97 Å². The van der Waals surface area contributed by atoms with Gasteiger partial charge in [-0.2, -0.15) is 0 Å². The summed E-state index contributed by atoms with van der Waals surface area (Å²) in [6, 6.07) is 33.1. The number of ether oxygens (including phenoxy) is 3. The zero-order valence-electron chi connectivity index (χ0n) is 21.5. The number of carboxylic acids is 1. The highest BCUT2D eigenvalue weighted by Gasteiger charge is 2.21. The molecular weight excluding hydrogens is 494 g/mol. The van der Waals surface area contributed by atoms with Crippen molar-refractivity contribution in [3.05, 3.63) is 131 Å². The standard InChI is InChI=1S/C32H31NO6/c34-31(23-37-20-24-10-4-1-5-11-24)33-28(32(35)36)18-27-16-17-29(38-21-25-12-6-2-7-13-25)30(19-27)39-22-26-14-8-3-9-15-26/h1-17,19,28H,18,20-23H2,(H,33,34)(H,35,36)/t28-/m1/s1. The highest BCUT2D eigenvalue weighted by Crippen LogP contribution is 2.30. The zero-order chi connectivity index (χ0) is 27.3. The fraction of sp³-hybridized carbons (Fsp3) is 0.188.